The van der Waals surface area contributed by atoms with Crippen molar-refractivity contribution < 1.29 is 9.90 Å². The third-order valence-corrected chi connectivity index (χ3v) is 3.29. The smallest absolute Gasteiger partial charge is 0.253 e. The molecule has 0 aliphatic carbocycles. The van der Waals surface area contributed by atoms with Crippen molar-refractivity contribution in [3.05, 3.63) is 28.8 Å². The lowest BCUT2D eigenvalue weighted by atomic mass is 10.0. The van der Waals surface area contributed by atoms with Gasteiger partial charge in [-0.25, -0.2) is 0 Å². The van der Waals surface area contributed by atoms with Gasteiger partial charge < -0.3 is 10.0 Å². The van der Waals surface area contributed by atoms with E-state index in [1.165, 1.54) is 12.1 Å². The van der Waals surface area contributed by atoms with Crippen LogP contribution in [0.3, 0.4) is 0 Å². The molecule has 0 aliphatic heterocycles. The second-order valence-electron chi connectivity index (χ2n) is 5.06. The van der Waals surface area contributed by atoms with Crippen LogP contribution in [0.15, 0.2) is 18.2 Å². The first-order valence-electron chi connectivity index (χ1n) is 6.08. The van der Waals surface area contributed by atoms with E-state index in [-0.39, 0.29) is 22.7 Å². The van der Waals surface area contributed by atoms with E-state index in [0.717, 1.165) is 6.42 Å². The fourth-order valence-corrected chi connectivity index (χ4v) is 2.06. The van der Waals surface area contributed by atoms with Crippen molar-refractivity contribution in [3.63, 3.8) is 0 Å². The predicted molar refractivity (Wildman–Crippen MR) is 74.1 cm³/mol. The van der Waals surface area contributed by atoms with Crippen LogP contribution in [0.25, 0.3) is 0 Å². The van der Waals surface area contributed by atoms with Crippen molar-refractivity contribution in [1.29, 1.82) is 0 Å². The minimum absolute atomic E-state index is 0.00824. The number of benzene rings is 1. The molecule has 1 unspecified atom stereocenters. The molecule has 1 atom stereocenters. The predicted octanol–water partition coefficient (Wildman–Crippen LogP) is 3.55. The topological polar surface area (TPSA) is 40.5 Å². The molecule has 0 radical (unpaired) electrons. The van der Waals surface area contributed by atoms with E-state index < -0.39 is 0 Å². The minimum atomic E-state index is -0.0787. The van der Waals surface area contributed by atoms with Gasteiger partial charge in [0.05, 0.1) is 5.02 Å². The maximum atomic E-state index is 12.2. The highest BCUT2D eigenvalue weighted by atomic mass is 35.5. The van der Waals surface area contributed by atoms with Crippen molar-refractivity contribution in [2.75, 3.05) is 7.05 Å². The van der Waals surface area contributed by atoms with Gasteiger partial charge in [0.15, 0.2) is 0 Å². The van der Waals surface area contributed by atoms with Crippen LogP contribution in [-0.4, -0.2) is 29.0 Å². The first-order chi connectivity index (χ1) is 8.32. The minimum Gasteiger partial charge on any atom is -0.506 e. The number of carbonyl (C=O) groups is 1. The highest BCUT2D eigenvalue weighted by Crippen LogP contribution is 2.24. The van der Waals surface area contributed by atoms with Crippen molar-refractivity contribution in [2.45, 2.75) is 33.2 Å². The molecule has 0 bridgehead atoms. The molecule has 1 amide bonds. The fraction of sp³-hybridized carbons (Fsp3) is 0.500. The second-order valence-corrected chi connectivity index (χ2v) is 5.47. The number of nitrogens with zero attached hydrogens (tertiary/aromatic N) is 1. The van der Waals surface area contributed by atoms with E-state index in [9.17, 15) is 9.90 Å². The first kappa shape index (κ1) is 14.8. The van der Waals surface area contributed by atoms with Gasteiger partial charge in [0, 0.05) is 18.7 Å². The molecule has 3 nitrogen and oxygen atoms in total. The van der Waals surface area contributed by atoms with Crippen LogP contribution in [0.5, 0.6) is 5.75 Å². The summed E-state index contributed by atoms with van der Waals surface area (Å²) < 4.78 is 0. The maximum Gasteiger partial charge on any atom is 0.253 e. The van der Waals surface area contributed by atoms with Crippen LogP contribution in [0, 0.1) is 5.92 Å². The van der Waals surface area contributed by atoms with Gasteiger partial charge >= 0.3 is 0 Å². The lowest BCUT2D eigenvalue weighted by Crippen LogP contribution is -2.35. The summed E-state index contributed by atoms with van der Waals surface area (Å²) in [5, 5.41) is 9.54. The number of carbonyl (C=O) groups excluding carboxylic acids is 1. The molecule has 0 saturated carbocycles. The SMILES string of the molecule is CC(C)CC(C)N(C)C(=O)c1ccc(O)c(Cl)c1. The van der Waals surface area contributed by atoms with E-state index in [1.54, 1.807) is 18.0 Å². The zero-order valence-electron chi connectivity index (χ0n) is 11.3. The molecule has 100 valence electrons. The lowest BCUT2D eigenvalue weighted by molar-refractivity contribution is 0.0728. The van der Waals surface area contributed by atoms with Gasteiger partial charge in [-0.05, 0) is 37.5 Å². The van der Waals surface area contributed by atoms with E-state index in [0.29, 0.717) is 11.5 Å². The Morgan fingerprint density at radius 1 is 1.39 bits per heavy atom. The third-order valence-electron chi connectivity index (χ3n) is 2.99. The standard InChI is InChI=1S/C14H20ClNO2/c1-9(2)7-10(3)16(4)14(18)11-5-6-13(17)12(15)8-11/h5-6,8-10,17H,7H2,1-4H3. The molecule has 1 aromatic rings. The van der Waals surface area contributed by atoms with Crippen LogP contribution >= 0.6 is 11.6 Å². The molecular weight excluding hydrogens is 250 g/mol. The normalized spacial score (nSPS) is 12.6. The van der Waals surface area contributed by atoms with Crippen molar-refractivity contribution in [1.82, 2.24) is 4.90 Å². The molecule has 4 heteroatoms. The van der Waals surface area contributed by atoms with Gasteiger partial charge in [-0.15, -0.1) is 0 Å². The largest absolute Gasteiger partial charge is 0.506 e. The molecule has 1 aromatic carbocycles. The summed E-state index contributed by atoms with van der Waals surface area (Å²) in [5.41, 5.74) is 0.496. The molecule has 0 heterocycles. The molecule has 1 rings (SSSR count). The Kier molecular flexibility index (Phi) is 5.03. The van der Waals surface area contributed by atoms with Gasteiger partial charge in [-0.3, -0.25) is 4.79 Å². The van der Waals surface area contributed by atoms with E-state index in [4.69, 9.17) is 11.6 Å². The number of phenolic OH excluding ortho intramolecular Hbond substituents is 1. The van der Waals surface area contributed by atoms with Gasteiger partial charge in [-0.2, -0.15) is 0 Å². The number of phenols is 1. The number of amides is 1. The Balaban J connectivity index is 2.82. The Morgan fingerprint density at radius 3 is 2.50 bits per heavy atom. The second kappa shape index (κ2) is 6.10. The zero-order valence-corrected chi connectivity index (χ0v) is 12.0. The summed E-state index contributed by atoms with van der Waals surface area (Å²) in [6, 6.07) is 4.70. The van der Waals surface area contributed by atoms with Gasteiger partial charge in [0.1, 0.15) is 5.75 Å². The highest BCUT2D eigenvalue weighted by Gasteiger charge is 2.19. The summed E-state index contributed by atoms with van der Waals surface area (Å²) in [6.07, 6.45) is 0.952. The monoisotopic (exact) mass is 269 g/mol. The number of hydrogen-bond donors (Lipinski definition) is 1. The van der Waals surface area contributed by atoms with Gasteiger partial charge in [0.25, 0.3) is 5.91 Å². The Morgan fingerprint density at radius 2 is 2.00 bits per heavy atom. The summed E-state index contributed by atoms with van der Waals surface area (Å²) in [4.78, 5) is 13.9. The van der Waals surface area contributed by atoms with Crippen LogP contribution in [0.2, 0.25) is 5.02 Å². The average molecular weight is 270 g/mol. The van der Waals surface area contributed by atoms with Gasteiger partial charge in [-0.1, -0.05) is 25.4 Å². The highest BCUT2D eigenvalue weighted by molar-refractivity contribution is 6.32. The van der Waals surface area contributed by atoms with Crippen molar-refractivity contribution >= 4 is 17.5 Å². The number of aromatic hydroxyl groups is 1. The molecule has 0 fully saturated rings. The quantitative estimate of drug-likeness (QED) is 0.908. The Bertz CT molecular complexity index is 432. The summed E-state index contributed by atoms with van der Waals surface area (Å²) in [7, 11) is 1.79. The molecule has 0 aromatic heterocycles. The summed E-state index contributed by atoms with van der Waals surface area (Å²) in [6.45, 7) is 6.29. The van der Waals surface area contributed by atoms with Crippen LogP contribution in [0.1, 0.15) is 37.6 Å². The maximum absolute atomic E-state index is 12.2. The van der Waals surface area contributed by atoms with Crippen molar-refractivity contribution in [2.24, 2.45) is 5.92 Å². The average Bonchev–Trinajstić information content (AvgIpc) is 2.30. The molecule has 0 saturated heterocycles. The van der Waals surface area contributed by atoms with Crippen LogP contribution in [0.4, 0.5) is 0 Å². The Hall–Kier alpha value is -1.22. The lowest BCUT2D eigenvalue weighted by Gasteiger charge is -2.26. The van der Waals surface area contributed by atoms with Crippen LogP contribution < -0.4 is 0 Å². The Labute approximate surface area is 113 Å². The number of halogens is 1. The third kappa shape index (κ3) is 3.64. The number of hydrogen-bond acceptors (Lipinski definition) is 2. The van der Waals surface area contributed by atoms with E-state index in [2.05, 4.69) is 13.8 Å². The zero-order chi connectivity index (χ0) is 13.9. The van der Waals surface area contributed by atoms with Crippen LogP contribution in [-0.2, 0) is 0 Å². The van der Waals surface area contributed by atoms with Gasteiger partial charge in [0.2, 0.25) is 0 Å². The molecule has 0 spiro atoms. The molecule has 1 N–H and O–H groups in total. The van der Waals surface area contributed by atoms with E-state index in [1.807, 2.05) is 6.92 Å². The van der Waals surface area contributed by atoms with E-state index >= 15 is 0 Å². The summed E-state index contributed by atoms with van der Waals surface area (Å²) >= 11 is 5.81. The molecule has 18 heavy (non-hydrogen) atoms. The first-order valence-corrected chi connectivity index (χ1v) is 6.46. The molecular formula is C14H20ClNO2. The van der Waals surface area contributed by atoms with Crippen molar-refractivity contribution in [3.8, 4) is 5.75 Å². The number of rotatable bonds is 4. The molecule has 0 aliphatic rings. The summed E-state index contributed by atoms with van der Waals surface area (Å²) in [5.74, 6) is 0.454. The fourth-order valence-electron chi connectivity index (χ4n) is 1.88.